The minimum Gasteiger partial charge on any atom is -0.478 e. The van der Waals surface area contributed by atoms with Crippen molar-refractivity contribution in [3.63, 3.8) is 0 Å². The Hall–Kier alpha value is -2.09. The Morgan fingerprint density at radius 1 is 1.31 bits per heavy atom. The molecule has 6 nitrogen and oxygen atoms in total. The number of carbonyl (C=O) groups is 3. The molecular weight excluding hydrogens is 422 g/mol. The number of fused-ring (bicyclic) bond motifs is 5. The number of rotatable bonds is 3. The molecule has 0 unspecified atom stereocenters. The lowest BCUT2D eigenvalue weighted by atomic mass is 9.44. The molecule has 0 bridgehead atoms. The Labute approximate surface area is 189 Å². The summed E-state index contributed by atoms with van der Waals surface area (Å²) < 4.78 is 60.1. The number of carbonyl (C=O) groups excluding carboxylic acids is 2. The number of halogens is 2. The van der Waals surface area contributed by atoms with E-state index in [0.29, 0.717) is 0 Å². The molecule has 4 aliphatic rings. The smallest absolute Gasteiger partial charge is 0.349 e. The Kier molecular flexibility index (Phi) is 4.21. The molecule has 0 amide bonds. The first-order chi connectivity index (χ1) is 15.9. The molecule has 4 aliphatic carbocycles. The van der Waals surface area contributed by atoms with Crippen molar-refractivity contribution < 1.29 is 42.2 Å². The molecule has 9 atom stereocenters. The van der Waals surface area contributed by atoms with Crippen LogP contribution in [0, 0.1) is 28.6 Å². The third-order valence-electron chi connectivity index (χ3n) is 8.91. The van der Waals surface area contributed by atoms with E-state index >= 15 is 8.78 Å². The highest BCUT2D eigenvalue weighted by atomic mass is 19.1. The maximum Gasteiger partial charge on any atom is 0.349 e. The van der Waals surface area contributed by atoms with E-state index in [1.165, 1.54) is 26.8 Å². The quantitative estimate of drug-likeness (QED) is 0.633. The zero-order chi connectivity index (χ0) is 26.4. The number of carboxylic acids is 1. The maximum absolute atomic E-state index is 17.2. The van der Waals surface area contributed by atoms with Crippen molar-refractivity contribution in [1.29, 1.82) is 0 Å². The van der Waals surface area contributed by atoms with Crippen LogP contribution in [0.15, 0.2) is 23.8 Å². The van der Waals surface area contributed by atoms with Gasteiger partial charge in [-0.05, 0) is 49.8 Å². The van der Waals surface area contributed by atoms with Crippen LogP contribution in [-0.2, 0) is 19.1 Å². The van der Waals surface area contributed by atoms with Gasteiger partial charge in [-0.1, -0.05) is 26.8 Å². The standard InChI is InChI=1S/C24H30F2O6/c1-5-19(29)32-24(20(30)31)12(2)8-14-15-10-17(25)16-9-13(27)6-7-21(16,3)23(15,26)18(28)11-22(14,24)4/h6-7,9,12,14-15,17-18,28H,5,8,10-11H2,1-4H3,(H,30,31)/t12-,14+,15+,17+,18+,21+,22+,23+,24+/m1/s1/i1D3. The van der Waals surface area contributed by atoms with Crippen LogP contribution >= 0.6 is 0 Å². The monoisotopic (exact) mass is 455 g/mol. The lowest BCUT2D eigenvalue weighted by Crippen LogP contribution is -2.71. The minimum atomic E-state index is -2.69. The summed E-state index contributed by atoms with van der Waals surface area (Å²) in [7, 11) is 0. The number of hydrogen-bond acceptors (Lipinski definition) is 5. The van der Waals surface area contributed by atoms with Crippen molar-refractivity contribution >= 4 is 17.7 Å². The molecule has 0 saturated heterocycles. The number of aliphatic hydroxyl groups excluding tert-OH is 1. The van der Waals surface area contributed by atoms with Crippen molar-refractivity contribution in [1.82, 2.24) is 0 Å². The highest BCUT2D eigenvalue weighted by molar-refractivity contribution is 6.01. The van der Waals surface area contributed by atoms with Gasteiger partial charge in [-0.3, -0.25) is 9.59 Å². The SMILES string of the molecule is [2H]C([2H])([2H])CC(=O)O[C@]1(C(=O)O)[C@H](C)C[C@H]2[C@@H]3C[C@H](F)C4=CC(=O)C=C[C@]4(C)[C@@]3(F)[C@@H](O)C[C@@]21C. The topological polar surface area (TPSA) is 101 Å². The van der Waals surface area contributed by atoms with Crippen LogP contribution in [0.4, 0.5) is 8.78 Å². The van der Waals surface area contributed by atoms with E-state index in [4.69, 9.17) is 8.85 Å². The highest BCUT2D eigenvalue weighted by Crippen LogP contribution is 2.71. The van der Waals surface area contributed by atoms with Crippen LogP contribution in [0.5, 0.6) is 0 Å². The summed E-state index contributed by atoms with van der Waals surface area (Å²) in [5.41, 5.74) is -7.82. The molecule has 0 aromatic heterocycles. The summed E-state index contributed by atoms with van der Waals surface area (Å²) in [6.45, 7) is 1.76. The lowest BCUT2D eigenvalue weighted by molar-refractivity contribution is -0.237. The molecule has 3 fully saturated rings. The van der Waals surface area contributed by atoms with E-state index in [9.17, 15) is 24.6 Å². The van der Waals surface area contributed by atoms with Crippen molar-refractivity contribution in [3.05, 3.63) is 23.8 Å². The van der Waals surface area contributed by atoms with Crippen LogP contribution in [0.25, 0.3) is 0 Å². The molecule has 0 spiro atoms. The van der Waals surface area contributed by atoms with Gasteiger partial charge < -0.3 is 14.9 Å². The number of aliphatic hydroxyl groups is 1. The summed E-state index contributed by atoms with van der Waals surface area (Å²) in [4.78, 5) is 37.2. The van der Waals surface area contributed by atoms with E-state index in [2.05, 4.69) is 0 Å². The van der Waals surface area contributed by atoms with Crippen molar-refractivity contribution in [2.75, 3.05) is 0 Å². The molecule has 0 radical (unpaired) electrons. The summed E-state index contributed by atoms with van der Waals surface area (Å²) >= 11 is 0. The van der Waals surface area contributed by atoms with Gasteiger partial charge in [0.2, 0.25) is 5.60 Å². The predicted molar refractivity (Wildman–Crippen MR) is 110 cm³/mol. The van der Waals surface area contributed by atoms with E-state index in [0.717, 1.165) is 12.2 Å². The van der Waals surface area contributed by atoms with Crippen molar-refractivity contribution in [2.45, 2.75) is 76.9 Å². The van der Waals surface area contributed by atoms with Gasteiger partial charge >= 0.3 is 11.9 Å². The Morgan fingerprint density at radius 2 is 2.00 bits per heavy atom. The van der Waals surface area contributed by atoms with E-state index < -0.39 is 89.5 Å². The zero-order valence-corrected chi connectivity index (χ0v) is 18.2. The molecule has 176 valence electrons. The Bertz CT molecular complexity index is 1040. The average Bonchev–Trinajstić information content (AvgIpc) is 2.92. The third kappa shape index (κ3) is 2.50. The van der Waals surface area contributed by atoms with Crippen molar-refractivity contribution in [3.8, 4) is 0 Å². The predicted octanol–water partition coefficient (Wildman–Crippen LogP) is 3.33. The van der Waals surface area contributed by atoms with Crippen LogP contribution in [0.1, 0.15) is 57.4 Å². The molecule has 0 aromatic rings. The molecule has 0 aliphatic heterocycles. The first-order valence-corrected chi connectivity index (χ1v) is 10.9. The minimum absolute atomic E-state index is 0.0500. The Morgan fingerprint density at radius 3 is 2.62 bits per heavy atom. The van der Waals surface area contributed by atoms with Gasteiger partial charge in [0.25, 0.3) is 0 Å². The number of aliphatic carboxylic acids is 1. The number of alkyl halides is 2. The van der Waals surface area contributed by atoms with E-state index in [-0.39, 0.29) is 18.4 Å². The first kappa shape index (κ1) is 19.4. The van der Waals surface area contributed by atoms with Gasteiger partial charge in [0.1, 0.15) is 6.17 Å². The second kappa shape index (κ2) is 6.95. The van der Waals surface area contributed by atoms with Gasteiger partial charge in [-0.25, -0.2) is 13.6 Å². The first-order valence-electron chi connectivity index (χ1n) is 12.4. The molecule has 2 N–H and O–H groups in total. The van der Waals surface area contributed by atoms with Crippen LogP contribution in [-0.4, -0.2) is 51.5 Å². The molecule has 8 heteroatoms. The summed E-state index contributed by atoms with van der Waals surface area (Å²) in [5, 5.41) is 21.6. The molecular formula is C24H30F2O6. The van der Waals surface area contributed by atoms with Crippen LogP contribution in [0.2, 0.25) is 0 Å². The molecule has 0 heterocycles. The number of allylic oxidation sites excluding steroid dienone is 4. The third-order valence-corrected chi connectivity index (χ3v) is 8.91. The number of carboxylic acid groups (broad SMARTS) is 1. The fraction of sp³-hybridized carbons (Fsp3) is 0.708. The van der Waals surface area contributed by atoms with E-state index in [1.807, 2.05) is 0 Å². The highest BCUT2D eigenvalue weighted by Gasteiger charge is 2.78. The number of hydrogen-bond donors (Lipinski definition) is 2. The fourth-order valence-electron chi connectivity index (χ4n) is 7.46. The number of ether oxygens (including phenoxy) is 1. The van der Waals surface area contributed by atoms with Gasteiger partial charge in [-0.2, -0.15) is 0 Å². The zero-order valence-electron chi connectivity index (χ0n) is 21.2. The maximum atomic E-state index is 17.2. The van der Waals surface area contributed by atoms with Crippen molar-refractivity contribution in [2.24, 2.45) is 28.6 Å². The molecule has 0 aromatic carbocycles. The number of ketones is 1. The summed E-state index contributed by atoms with van der Waals surface area (Å²) in [6.07, 6.45) is -1.68. The van der Waals surface area contributed by atoms with Gasteiger partial charge in [0.15, 0.2) is 11.5 Å². The molecule has 32 heavy (non-hydrogen) atoms. The van der Waals surface area contributed by atoms with Gasteiger partial charge in [0, 0.05) is 33.2 Å². The van der Waals surface area contributed by atoms with E-state index in [1.54, 1.807) is 0 Å². The van der Waals surface area contributed by atoms with Gasteiger partial charge in [-0.15, -0.1) is 0 Å². The molecule has 4 rings (SSSR count). The Balaban J connectivity index is 1.82. The second-order valence-corrected chi connectivity index (χ2v) is 10.2. The van der Waals surface area contributed by atoms with Gasteiger partial charge in [0.05, 0.1) is 6.10 Å². The summed E-state index contributed by atoms with van der Waals surface area (Å²) in [6, 6.07) is 0. The normalized spacial score (nSPS) is 51.3. The van der Waals surface area contributed by atoms with Crippen LogP contribution in [0.3, 0.4) is 0 Å². The second-order valence-electron chi connectivity index (χ2n) is 10.2. The lowest BCUT2D eigenvalue weighted by Gasteiger charge is -2.62. The van der Waals surface area contributed by atoms with Crippen LogP contribution < -0.4 is 0 Å². The largest absolute Gasteiger partial charge is 0.478 e. The average molecular weight is 456 g/mol. The summed E-state index contributed by atoms with van der Waals surface area (Å²) in [5.74, 6) is -6.03. The fourth-order valence-corrected chi connectivity index (χ4v) is 7.46. The molecule has 3 saturated carbocycles. The number of esters is 1.